The molecule has 0 spiro atoms. The molecule has 0 unspecified atom stereocenters. The minimum Gasteiger partial charge on any atom is -0.504 e. The van der Waals surface area contributed by atoms with Crippen LogP contribution < -0.4 is 29.8 Å². The molecule has 0 saturated carbocycles. The number of phenols is 2. The summed E-state index contributed by atoms with van der Waals surface area (Å²) < 4.78 is 34.7. The number of fused-ring (bicyclic) bond motifs is 2. The normalized spacial score (nSPS) is 13.3. The fourth-order valence-electron chi connectivity index (χ4n) is 7.48. The Bertz CT molecular complexity index is 2530. The number of aliphatic hydroxyl groups excluding tert-OH is 1. The van der Waals surface area contributed by atoms with Gasteiger partial charge in [-0.25, -0.2) is 4.79 Å². The van der Waals surface area contributed by atoms with E-state index < -0.39 is 52.6 Å². The van der Waals surface area contributed by atoms with Crippen molar-refractivity contribution in [2.45, 2.75) is 58.3 Å². The zero-order chi connectivity index (χ0) is 39.2. The number of methoxy groups -OCH3 is 4. The second-order valence-electron chi connectivity index (χ2n) is 13.2. The van der Waals surface area contributed by atoms with Crippen LogP contribution in [0.15, 0.2) is 52.1 Å². The summed E-state index contributed by atoms with van der Waals surface area (Å²) in [6.07, 6.45) is -3.11. The molecule has 0 heterocycles. The van der Waals surface area contributed by atoms with Crippen molar-refractivity contribution in [2.24, 2.45) is 0 Å². The van der Waals surface area contributed by atoms with Crippen LogP contribution in [0.3, 0.4) is 0 Å². The van der Waals surface area contributed by atoms with Gasteiger partial charge in [0.05, 0.1) is 57.3 Å². The minimum atomic E-state index is -0.957. The number of carbonyl (C=O) groups is 2. The van der Waals surface area contributed by atoms with Gasteiger partial charge in [-0.2, -0.15) is 0 Å². The maximum Gasteiger partial charge on any atom is 0.338 e. The van der Waals surface area contributed by atoms with E-state index in [-0.39, 0.29) is 80.1 Å². The van der Waals surface area contributed by atoms with Gasteiger partial charge >= 0.3 is 11.9 Å². The lowest BCUT2D eigenvalue weighted by atomic mass is 9.81. The van der Waals surface area contributed by atoms with Crippen molar-refractivity contribution < 1.29 is 53.3 Å². The summed E-state index contributed by atoms with van der Waals surface area (Å²) in [5.74, 6) is -2.25. The predicted octanol–water partition coefficient (Wildman–Crippen LogP) is 5.37. The van der Waals surface area contributed by atoms with E-state index in [4.69, 9.17) is 28.4 Å². The number of aliphatic hydroxyl groups is 1. The molecule has 0 amide bonds. The fraction of sp³-hybridized carbons (Fsp3) is 0.317. The molecule has 13 heteroatoms. The summed E-state index contributed by atoms with van der Waals surface area (Å²) in [5, 5.41) is 34.8. The van der Waals surface area contributed by atoms with Gasteiger partial charge in [0.1, 0.15) is 23.7 Å². The third-order valence-electron chi connectivity index (χ3n) is 9.51. The van der Waals surface area contributed by atoms with Gasteiger partial charge in [-0.15, -0.1) is 0 Å². The maximum absolute atomic E-state index is 14.0. The van der Waals surface area contributed by atoms with E-state index in [2.05, 4.69) is 0 Å². The molecule has 0 radical (unpaired) electrons. The summed E-state index contributed by atoms with van der Waals surface area (Å²) in [7, 11) is 5.36. The van der Waals surface area contributed by atoms with Gasteiger partial charge in [0.2, 0.25) is 0 Å². The lowest BCUT2D eigenvalue weighted by Crippen LogP contribution is -2.21. The van der Waals surface area contributed by atoms with E-state index in [0.29, 0.717) is 21.9 Å². The Morgan fingerprint density at radius 1 is 0.611 bits per heavy atom. The Morgan fingerprint density at radius 3 is 1.46 bits per heavy atom. The third kappa shape index (κ3) is 6.23. The van der Waals surface area contributed by atoms with Crippen molar-refractivity contribution in [3.05, 3.63) is 79.6 Å². The monoisotopic (exact) mass is 740 g/mol. The molecule has 0 fully saturated rings. The Labute approximate surface area is 308 Å². The van der Waals surface area contributed by atoms with Crippen LogP contribution in [0.25, 0.3) is 43.1 Å². The van der Waals surface area contributed by atoms with E-state index in [1.165, 1.54) is 47.5 Å². The van der Waals surface area contributed by atoms with Gasteiger partial charge in [0.25, 0.3) is 0 Å². The number of aromatic hydroxyl groups is 2. The smallest absolute Gasteiger partial charge is 0.338 e. The molecule has 6 aromatic rings. The second kappa shape index (κ2) is 14.7. The number of phenolic OH excluding ortho intramolecular Hbond substituents is 2. The molecule has 0 bridgehead atoms. The van der Waals surface area contributed by atoms with Crippen LogP contribution in [0.5, 0.6) is 34.5 Å². The molecule has 0 aliphatic heterocycles. The molecule has 54 heavy (non-hydrogen) atoms. The molecule has 0 aliphatic carbocycles. The van der Waals surface area contributed by atoms with Crippen molar-refractivity contribution in [3.63, 3.8) is 0 Å². The Morgan fingerprint density at radius 2 is 1.06 bits per heavy atom. The van der Waals surface area contributed by atoms with E-state index >= 15 is 0 Å². The molecule has 282 valence electrons. The van der Waals surface area contributed by atoms with E-state index in [9.17, 15) is 34.5 Å². The van der Waals surface area contributed by atoms with Crippen LogP contribution in [-0.2, 0) is 27.1 Å². The van der Waals surface area contributed by atoms with Gasteiger partial charge in [-0.1, -0.05) is 18.2 Å². The van der Waals surface area contributed by atoms with E-state index in [1.54, 1.807) is 44.2 Å². The first-order valence-corrected chi connectivity index (χ1v) is 17.2. The first-order valence-electron chi connectivity index (χ1n) is 17.2. The van der Waals surface area contributed by atoms with Crippen LogP contribution in [0.2, 0.25) is 0 Å². The van der Waals surface area contributed by atoms with Gasteiger partial charge < -0.3 is 43.7 Å². The SMILES string of the molecule is COc1c(O)c2c(=O)cc(OC)c3c4c(OC)cc(=O)c5c(O)c(OC)c(C[C@H](C)OC(=O)c6ccccc6)c(c(c1C[C@H](C)OC(=O)C[C@H](C)O)c23)c54. The first-order chi connectivity index (χ1) is 25.8. The highest BCUT2D eigenvalue weighted by atomic mass is 16.5. The highest BCUT2D eigenvalue weighted by Gasteiger charge is 2.34. The average Bonchev–Trinajstić information content (AvgIpc) is 3.12. The molecule has 6 rings (SSSR count). The van der Waals surface area contributed by atoms with Gasteiger partial charge in [-0.3, -0.25) is 14.4 Å². The zero-order valence-electron chi connectivity index (χ0n) is 30.8. The molecule has 13 nitrogen and oxygen atoms in total. The first kappa shape index (κ1) is 37.7. The quantitative estimate of drug-likeness (QED) is 0.0781. The van der Waals surface area contributed by atoms with Crippen LogP contribution >= 0.6 is 0 Å². The Kier molecular flexibility index (Phi) is 10.3. The summed E-state index contributed by atoms with van der Waals surface area (Å²) in [6, 6.07) is 10.8. The van der Waals surface area contributed by atoms with Gasteiger partial charge in [-0.05, 0) is 43.7 Å². The molecular weight excluding hydrogens is 700 g/mol. The summed E-state index contributed by atoms with van der Waals surface area (Å²) in [4.78, 5) is 53.8. The lowest BCUT2D eigenvalue weighted by molar-refractivity contribution is -0.150. The van der Waals surface area contributed by atoms with Crippen LogP contribution in [0, 0.1) is 0 Å². The number of esters is 2. The topological polar surface area (TPSA) is 184 Å². The van der Waals surface area contributed by atoms with Gasteiger partial charge in [0, 0.05) is 57.6 Å². The molecule has 0 aliphatic rings. The number of ether oxygens (including phenoxy) is 6. The number of carbonyl (C=O) groups excluding carboxylic acids is 2. The van der Waals surface area contributed by atoms with Crippen LogP contribution in [-0.4, -0.2) is 74.0 Å². The van der Waals surface area contributed by atoms with Crippen molar-refractivity contribution in [1.82, 2.24) is 0 Å². The van der Waals surface area contributed by atoms with E-state index in [1.807, 2.05) is 0 Å². The highest BCUT2D eigenvalue weighted by molar-refractivity contribution is 6.38. The fourth-order valence-corrected chi connectivity index (χ4v) is 7.48. The maximum atomic E-state index is 14.0. The molecular formula is C41H40O13. The number of hydrogen-bond donors (Lipinski definition) is 3. The largest absolute Gasteiger partial charge is 0.504 e. The predicted molar refractivity (Wildman–Crippen MR) is 201 cm³/mol. The van der Waals surface area contributed by atoms with Crippen molar-refractivity contribution in [1.29, 1.82) is 0 Å². The zero-order valence-corrected chi connectivity index (χ0v) is 30.8. The Hall–Kier alpha value is -6.08. The number of rotatable bonds is 13. The van der Waals surface area contributed by atoms with Crippen molar-refractivity contribution in [3.8, 4) is 34.5 Å². The number of hydrogen-bond acceptors (Lipinski definition) is 13. The molecule has 0 saturated heterocycles. The molecule has 3 N–H and O–H groups in total. The molecule has 6 aromatic carbocycles. The standard InChI is InChI=1S/C41H40O13/c1-18(42)13-28(45)53-19(2)14-22-29-30-23(15-20(3)54-41(48)21-11-9-8-10-12-21)40(52-7)38(47)32-25(44)17-27(50-5)34(36(30)32)33-26(49-4)16-24(43)31(35(29)33)37(46)39(22)51-6/h8-12,16-20,42,46-47H,13-15H2,1-7H3/t18-,19-,20-/m0/s1. The Balaban J connectivity index is 1.82. The third-order valence-corrected chi connectivity index (χ3v) is 9.51. The van der Waals surface area contributed by atoms with E-state index in [0.717, 1.165) is 0 Å². The number of benzene rings is 6. The minimum absolute atomic E-state index is 0.0714. The van der Waals surface area contributed by atoms with Crippen LogP contribution in [0.1, 0.15) is 48.7 Å². The van der Waals surface area contributed by atoms with Crippen molar-refractivity contribution in [2.75, 3.05) is 28.4 Å². The van der Waals surface area contributed by atoms with Gasteiger partial charge in [0.15, 0.2) is 33.9 Å². The lowest BCUT2D eigenvalue weighted by Gasteiger charge is -2.26. The summed E-state index contributed by atoms with van der Waals surface area (Å²) >= 11 is 0. The van der Waals surface area contributed by atoms with Crippen molar-refractivity contribution >= 4 is 55.0 Å². The molecule has 3 atom stereocenters. The molecule has 0 aromatic heterocycles. The average molecular weight is 741 g/mol. The summed E-state index contributed by atoms with van der Waals surface area (Å²) in [6.45, 7) is 4.73. The van der Waals surface area contributed by atoms with Crippen LogP contribution in [0.4, 0.5) is 0 Å². The summed E-state index contributed by atoms with van der Waals surface area (Å²) in [5.41, 5.74) is -0.331. The highest BCUT2D eigenvalue weighted by Crippen LogP contribution is 2.55. The second-order valence-corrected chi connectivity index (χ2v) is 13.2.